The summed E-state index contributed by atoms with van der Waals surface area (Å²) in [5.41, 5.74) is 5.61. The average Bonchev–Trinajstić information content (AvgIpc) is 3.21. The molecule has 4 heterocycles. The van der Waals surface area contributed by atoms with Crippen molar-refractivity contribution < 1.29 is 13.2 Å². The number of para-hydroxylation sites is 1. The Labute approximate surface area is 192 Å². The molecule has 3 N–H and O–H groups in total. The van der Waals surface area contributed by atoms with E-state index in [0.29, 0.717) is 31.0 Å². The van der Waals surface area contributed by atoms with Crippen molar-refractivity contribution in [2.75, 3.05) is 37.3 Å². The van der Waals surface area contributed by atoms with Crippen molar-refractivity contribution in [3.05, 3.63) is 53.4 Å². The van der Waals surface area contributed by atoms with Crippen molar-refractivity contribution in [2.24, 2.45) is 0 Å². The number of carbonyl (C=O) groups is 1. The lowest BCUT2D eigenvalue weighted by atomic mass is 9.94. The van der Waals surface area contributed by atoms with Gasteiger partial charge in [-0.2, -0.15) is 0 Å². The van der Waals surface area contributed by atoms with Crippen LogP contribution in [0, 0.1) is 6.92 Å². The van der Waals surface area contributed by atoms with Gasteiger partial charge in [0.15, 0.2) is 5.82 Å². The van der Waals surface area contributed by atoms with E-state index >= 15 is 0 Å². The molecule has 4 bridgehead atoms. The first kappa shape index (κ1) is 21.6. The van der Waals surface area contributed by atoms with Crippen LogP contribution in [-0.2, 0) is 10.0 Å². The Kier molecular flexibility index (Phi) is 5.41. The monoisotopic (exact) mass is 466 g/mol. The van der Waals surface area contributed by atoms with Crippen molar-refractivity contribution in [1.29, 1.82) is 0 Å². The van der Waals surface area contributed by atoms with E-state index in [1.54, 1.807) is 0 Å². The van der Waals surface area contributed by atoms with Gasteiger partial charge in [-0.15, -0.1) is 0 Å². The summed E-state index contributed by atoms with van der Waals surface area (Å²) < 4.78 is 25.7. The van der Waals surface area contributed by atoms with Crippen molar-refractivity contribution in [3.8, 4) is 11.3 Å². The van der Waals surface area contributed by atoms with Crippen molar-refractivity contribution in [3.63, 3.8) is 0 Å². The van der Waals surface area contributed by atoms with E-state index in [1.165, 1.54) is 0 Å². The molecule has 0 radical (unpaired) electrons. The van der Waals surface area contributed by atoms with Crippen molar-refractivity contribution in [2.45, 2.75) is 19.3 Å². The number of benzene rings is 1. The third-order valence-corrected chi connectivity index (χ3v) is 6.83. The first-order valence-corrected chi connectivity index (χ1v) is 12.8. The van der Waals surface area contributed by atoms with Gasteiger partial charge in [0.2, 0.25) is 10.0 Å². The number of aryl methyl sites for hydroxylation is 1. The number of rotatable bonds is 4. The van der Waals surface area contributed by atoms with Crippen LogP contribution in [0.25, 0.3) is 22.3 Å². The van der Waals surface area contributed by atoms with E-state index in [4.69, 9.17) is 9.97 Å². The second-order valence-electron chi connectivity index (χ2n) is 8.54. The summed E-state index contributed by atoms with van der Waals surface area (Å²) in [7, 11) is -3.28. The van der Waals surface area contributed by atoms with Crippen LogP contribution >= 0.6 is 0 Å². The molecule has 1 amide bonds. The summed E-state index contributed by atoms with van der Waals surface area (Å²) in [6, 6.07) is 7.74. The van der Waals surface area contributed by atoms with Gasteiger partial charge in [0.25, 0.3) is 5.91 Å². The molecular weight excluding hydrogens is 440 g/mol. The highest BCUT2D eigenvalue weighted by Crippen LogP contribution is 2.34. The van der Waals surface area contributed by atoms with Gasteiger partial charge in [0, 0.05) is 49.0 Å². The van der Waals surface area contributed by atoms with Crippen LogP contribution in [0.5, 0.6) is 0 Å². The number of aromatic nitrogens is 3. The number of fused-ring (bicyclic) bond motifs is 3. The smallest absolute Gasteiger partial charge is 0.253 e. The molecule has 10 heteroatoms. The number of nitrogens with one attached hydrogen (secondary N) is 3. The summed E-state index contributed by atoms with van der Waals surface area (Å²) in [5, 5.41) is 2.99. The van der Waals surface area contributed by atoms with Crippen LogP contribution < -0.4 is 14.9 Å². The van der Waals surface area contributed by atoms with E-state index in [0.717, 1.165) is 46.4 Å². The van der Waals surface area contributed by atoms with Crippen LogP contribution in [0.3, 0.4) is 0 Å². The lowest BCUT2D eigenvalue weighted by molar-refractivity contribution is 0.0940. The highest BCUT2D eigenvalue weighted by molar-refractivity contribution is 7.88. The van der Waals surface area contributed by atoms with E-state index in [2.05, 4.69) is 27.2 Å². The molecule has 1 aromatic carbocycles. The molecule has 1 atom stereocenters. The number of hydrogen-bond acceptors (Lipinski definition) is 6. The van der Waals surface area contributed by atoms with Gasteiger partial charge in [-0.1, -0.05) is 24.3 Å². The third kappa shape index (κ3) is 4.23. The molecule has 0 saturated carbocycles. The Morgan fingerprint density at radius 3 is 2.88 bits per heavy atom. The normalized spacial score (nSPS) is 18.1. The van der Waals surface area contributed by atoms with E-state index in [9.17, 15) is 13.2 Å². The zero-order valence-corrected chi connectivity index (χ0v) is 19.4. The number of allylic oxidation sites excluding steroid dienone is 1. The average molecular weight is 467 g/mol. The molecule has 5 rings (SSSR count). The molecule has 172 valence electrons. The lowest BCUT2D eigenvalue weighted by Crippen LogP contribution is -2.35. The van der Waals surface area contributed by atoms with Gasteiger partial charge >= 0.3 is 0 Å². The number of anilines is 1. The van der Waals surface area contributed by atoms with Gasteiger partial charge < -0.3 is 15.2 Å². The van der Waals surface area contributed by atoms with E-state index < -0.39 is 10.0 Å². The van der Waals surface area contributed by atoms with Crippen molar-refractivity contribution >= 4 is 32.8 Å². The summed E-state index contributed by atoms with van der Waals surface area (Å²) in [4.78, 5) is 27.8. The van der Waals surface area contributed by atoms with Gasteiger partial charge in [0.1, 0.15) is 5.52 Å². The molecule has 2 aliphatic heterocycles. The lowest BCUT2D eigenvalue weighted by Gasteiger charge is -2.24. The number of aromatic amines is 1. The SMILES string of the molecule is Cc1nc2cccc3c2nc1N(CCNS(C)(=O)=O)CC=CCC1CNC(=O)c2cc-3[nH]c21. The minimum atomic E-state index is -3.28. The van der Waals surface area contributed by atoms with Crippen LogP contribution in [0.2, 0.25) is 0 Å². The Hall–Kier alpha value is -3.24. The second-order valence-corrected chi connectivity index (χ2v) is 10.4. The second kappa shape index (κ2) is 8.27. The molecule has 0 aliphatic carbocycles. The Balaban J connectivity index is 1.65. The first-order valence-electron chi connectivity index (χ1n) is 10.9. The Bertz CT molecular complexity index is 1380. The number of amides is 1. The predicted molar refractivity (Wildman–Crippen MR) is 128 cm³/mol. The summed E-state index contributed by atoms with van der Waals surface area (Å²) in [6.07, 6.45) is 6.10. The maximum Gasteiger partial charge on any atom is 0.253 e. The van der Waals surface area contributed by atoms with Crippen LogP contribution in [0.4, 0.5) is 5.82 Å². The fraction of sp³-hybridized carbons (Fsp3) is 0.348. The molecule has 0 spiro atoms. The molecule has 9 nitrogen and oxygen atoms in total. The highest BCUT2D eigenvalue weighted by Gasteiger charge is 2.28. The minimum absolute atomic E-state index is 0.0628. The Morgan fingerprint density at radius 2 is 2.06 bits per heavy atom. The van der Waals surface area contributed by atoms with E-state index in [-0.39, 0.29) is 18.4 Å². The molecule has 1 unspecified atom stereocenters. The minimum Gasteiger partial charge on any atom is -0.357 e. The Morgan fingerprint density at radius 1 is 1.21 bits per heavy atom. The van der Waals surface area contributed by atoms with Crippen molar-refractivity contribution in [1.82, 2.24) is 25.0 Å². The quantitative estimate of drug-likeness (QED) is 0.507. The zero-order valence-electron chi connectivity index (χ0n) is 18.6. The molecule has 2 aliphatic rings. The van der Waals surface area contributed by atoms with Gasteiger partial charge in [-0.25, -0.2) is 23.1 Å². The summed E-state index contributed by atoms with van der Waals surface area (Å²) in [5.74, 6) is 0.800. The molecule has 33 heavy (non-hydrogen) atoms. The number of sulfonamides is 1. The predicted octanol–water partition coefficient (Wildman–Crippen LogP) is 2.08. The van der Waals surface area contributed by atoms with Gasteiger partial charge in [-0.05, 0) is 25.5 Å². The standard InChI is InChI=1S/C23H26N6O3S/c1-14-22-28-21-16(7-5-8-18(21)26-14)19-12-17-20(27-19)15(13-24-23(17)30)6-3-4-10-29(22)11-9-25-33(2,31)32/h3-5,7-8,12,15,25,27H,6,9-11,13H2,1-2H3,(H,24,30). The topological polar surface area (TPSA) is 120 Å². The van der Waals surface area contributed by atoms with Gasteiger partial charge in [-0.3, -0.25) is 4.79 Å². The molecular formula is C23H26N6O3S. The molecule has 0 fully saturated rings. The van der Waals surface area contributed by atoms with Gasteiger partial charge in [0.05, 0.1) is 23.0 Å². The van der Waals surface area contributed by atoms with Crippen LogP contribution in [0.15, 0.2) is 36.4 Å². The molecule has 0 saturated heterocycles. The number of nitrogens with zero attached hydrogens (tertiary/aromatic N) is 3. The first-order chi connectivity index (χ1) is 15.8. The molecule has 3 aromatic rings. The number of H-pyrrole nitrogens is 1. The van der Waals surface area contributed by atoms with Crippen LogP contribution in [0.1, 0.15) is 34.1 Å². The maximum absolute atomic E-state index is 12.5. The largest absolute Gasteiger partial charge is 0.357 e. The summed E-state index contributed by atoms with van der Waals surface area (Å²) >= 11 is 0. The fourth-order valence-electron chi connectivity index (χ4n) is 4.53. The fourth-order valence-corrected chi connectivity index (χ4v) is 4.99. The maximum atomic E-state index is 12.5. The number of carbonyl (C=O) groups excluding carboxylic acids is 1. The third-order valence-electron chi connectivity index (χ3n) is 6.10. The summed E-state index contributed by atoms with van der Waals surface area (Å²) in [6.45, 7) is 3.78. The van der Waals surface area contributed by atoms with E-state index in [1.807, 2.05) is 36.1 Å². The van der Waals surface area contributed by atoms with Crippen LogP contribution in [-0.4, -0.2) is 61.7 Å². The number of hydrogen-bond donors (Lipinski definition) is 3. The molecule has 2 aromatic heterocycles. The zero-order chi connectivity index (χ0) is 23.2. The highest BCUT2D eigenvalue weighted by atomic mass is 32.2.